The zero-order chi connectivity index (χ0) is 19.5. The van der Waals surface area contributed by atoms with Gasteiger partial charge in [-0.1, -0.05) is 47.5 Å². The molecule has 1 atom stereocenters. The topological polar surface area (TPSA) is 60.2 Å². The van der Waals surface area contributed by atoms with Crippen LogP contribution in [0.5, 0.6) is 0 Å². The Kier molecular flexibility index (Phi) is 5.38. The summed E-state index contributed by atoms with van der Waals surface area (Å²) in [5, 5.41) is 16.5. The standard InChI is InChI=1S/C22H18Cl2N4/c23-17-8-4-14(5-9-17)12-16-2-1-3-19-20(15-6-10-18(24)11-7-15)27-22(26-13-25)28-21(16)19/h4-12,20H,1-3H2,(H2,26,27,28). The van der Waals surface area contributed by atoms with Crippen molar-refractivity contribution >= 4 is 35.2 Å². The van der Waals surface area contributed by atoms with Crippen LogP contribution in [0.15, 0.2) is 70.4 Å². The minimum Gasteiger partial charge on any atom is -0.325 e. The molecule has 1 aliphatic carbocycles. The van der Waals surface area contributed by atoms with Gasteiger partial charge in [0, 0.05) is 15.7 Å². The number of nitrogens with zero attached hydrogens (tertiary/aromatic N) is 2. The fourth-order valence-electron chi connectivity index (χ4n) is 3.66. The van der Waals surface area contributed by atoms with Crippen LogP contribution >= 0.6 is 23.2 Å². The van der Waals surface area contributed by atoms with E-state index in [-0.39, 0.29) is 6.04 Å². The summed E-state index contributed by atoms with van der Waals surface area (Å²) in [5.41, 5.74) is 5.64. The first-order valence-electron chi connectivity index (χ1n) is 9.09. The van der Waals surface area contributed by atoms with Gasteiger partial charge in [-0.05, 0) is 71.9 Å². The van der Waals surface area contributed by atoms with Gasteiger partial charge in [0.25, 0.3) is 0 Å². The molecule has 2 N–H and O–H groups in total. The van der Waals surface area contributed by atoms with Crippen LogP contribution in [0.3, 0.4) is 0 Å². The summed E-state index contributed by atoms with van der Waals surface area (Å²) in [6, 6.07) is 15.4. The molecule has 4 rings (SSSR count). The van der Waals surface area contributed by atoms with Gasteiger partial charge in [-0.3, -0.25) is 5.32 Å². The van der Waals surface area contributed by atoms with Crippen molar-refractivity contribution in [3.8, 4) is 6.19 Å². The highest BCUT2D eigenvalue weighted by Gasteiger charge is 2.29. The van der Waals surface area contributed by atoms with Crippen molar-refractivity contribution in [2.24, 2.45) is 4.99 Å². The highest BCUT2D eigenvalue weighted by atomic mass is 35.5. The molecule has 0 spiro atoms. The highest BCUT2D eigenvalue weighted by molar-refractivity contribution is 6.30. The summed E-state index contributed by atoms with van der Waals surface area (Å²) in [7, 11) is 0. The molecule has 28 heavy (non-hydrogen) atoms. The molecule has 2 aliphatic rings. The van der Waals surface area contributed by atoms with Crippen molar-refractivity contribution in [3.05, 3.63) is 86.5 Å². The third kappa shape index (κ3) is 3.91. The summed E-state index contributed by atoms with van der Waals surface area (Å²) < 4.78 is 0. The number of aliphatic imine (C=N–C) groups is 1. The average Bonchev–Trinajstić information content (AvgIpc) is 2.70. The molecule has 2 aromatic rings. The van der Waals surface area contributed by atoms with Crippen LogP contribution in [0.2, 0.25) is 10.0 Å². The molecule has 1 aliphatic heterocycles. The van der Waals surface area contributed by atoms with E-state index in [4.69, 9.17) is 33.5 Å². The van der Waals surface area contributed by atoms with E-state index in [0.717, 1.165) is 41.1 Å². The van der Waals surface area contributed by atoms with Crippen LogP contribution in [-0.4, -0.2) is 5.96 Å². The lowest BCUT2D eigenvalue weighted by Gasteiger charge is -2.32. The number of hydrogen-bond donors (Lipinski definition) is 2. The van der Waals surface area contributed by atoms with Crippen molar-refractivity contribution in [3.63, 3.8) is 0 Å². The largest absolute Gasteiger partial charge is 0.325 e. The Bertz CT molecular complexity index is 1010. The lowest BCUT2D eigenvalue weighted by molar-refractivity contribution is 0.651. The lowest BCUT2D eigenvalue weighted by atomic mass is 9.84. The van der Waals surface area contributed by atoms with Crippen molar-refractivity contribution in [2.75, 3.05) is 0 Å². The van der Waals surface area contributed by atoms with Crippen molar-refractivity contribution in [2.45, 2.75) is 25.3 Å². The van der Waals surface area contributed by atoms with Gasteiger partial charge in [-0.2, -0.15) is 5.26 Å². The number of guanidine groups is 1. The van der Waals surface area contributed by atoms with Gasteiger partial charge in [0.05, 0.1) is 0 Å². The zero-order valence-corrected chi connectivity index (χ0v) is 16.6. The van der Waals surface area contributed by atoms with Crippen LogP contribution in [0, 0.1) is 11.5 Å². The van der Waals surface area contributed by atoms with Gasteiger partial charge in [0.1, 0.15) is 6.04 Å². The Hall–Kier alpha value is -2.74. The molecule has 0 bridgehead atoms. The maximum atomic E-state index is 9.09. The summed E-state index contributed by atoms with van der Waals surface area (Å²) in [4.78, 5) is 4.74. The lowest BCUT2D eigenvalue weighted by Crippen LogP contribution is -2.39. The third-order valence-corrected chi connectivity index (χ3v) is 5.44. The molecule has 0 radical (unpaired) electrons. The van der Waals surface area contributed by atoms with Gasteiger partial charge in [-0.15, -0.1) is 0 Å². The quantitative estimate of drug-likeness (QED) is 0.503. The molecule has 1 heterocycles. The minimum absolute atomic E-state index is 0.140. The molecule has 0 amide bonds. The van der Waals surface area contributed by atoms with Gasteiger partial charge < -0.3 is 5.32 Å². The Morgan fingerprint density at radius 2 is 1.71 bits per heavy atom. The van der Waals surface area contributed by atoms with Gasteiger partial charge >= 0.3 is 0 Å². The second-order valence-electron chi connectivity index (χ2n) is 6.77. The first kappa shape index (κ1) is 18.6. The first-order valence-corrected chi connectivity index (χ1v) is 9.84. The number of rotatable bonds is 2. The second kappa shape index (κ2) is 8.10. The van der Waals surface area contributed by atoms with Crippen molar-refractivity contribution in [1.29, 1.82) is 5.26 Å². The first-order chi connectivity index (χ1) is 13.6. The van der Waals surface area contributed by atoms with E-state index in [0.29, 0.717) is 11.0 Å². The number of allylic oxidation sites excluding steroid dienone is 1. The summed E-state index contributed by atoms with van der Waals surface area (Å²) >= 11 is 12.1. The minimum atomic E-state index is -0.140. The highest BCUT2D eigenvalue weighted by Crippen LogP contribution is 2.40. The van der Waals surface area contributed by atoms with E-state index in [1.165, 1.54) is 11.1 Å². The Morgan fingerprint density at radius 1 is 1.04 bits per heavy atom. The summed E-state index contributed by atoms with van der Waals surface area (Å²) in [6.07, 6.45) is 7.11. The van der Waals surface area contributed by atoms with E-state index in [9.17, 15) is 0 Å². The molecule has 1 unspecified atom stereocenters. The number of halogens is 2. The normalized spacial score (nSPS) is 20.1. The SMILES string of the molecule is N#CNC1=NC(c2ccc(Cl)cc2)C2=C(N1)C(=Cc1ccc(Cl)cc1)CCC2. The van der Waals surface area contributed by atoms with Crippen LogP contribution in [0.25, 0.3) is 6.08 Å². The fraction of sp³-hybridized carbons (Fsp3) is 0.182. The van der Waals surface area contributed by atoms with E-state index in [1.807, 2.05) is 54.7 Å². The predicted molar refractivity (Wildman–Crippen MR) is 114 cm³/mol. The summed E-state index contributed by atoms with van der Waals surface area (Å²) in [5.74, 6) is 0.463. The van der Waals surface area contributed by atoms with Gasteiger partial charge in [0.15, 0.2) is 6.19 Å². The molecule has 4 nitrogen and oxygen atoms in total. The van der Waals surface area contributed by atoms with E-state index in [1.54, 1.807) is 0 Å². The van der Waals surface area contributed by atoms with Crippen molar-refractivity contribution in [1.82, 2.24) is 10.6 Å². The smallest absolute Gasteiger partial charge is 0.210 e. The number of nitriles is 1. The van der Waals surface area contributed by atoms with Gasteiger partial charge in [0.2, 0.25) is 5.96 Å². The van der Waals surface area contributed by atoms with Gasteiger partial charge in [-0.25, -0.2) is 4.99 Å². The van der Waals surface area contributed by atoms with E-state index in [2.05, 4.69) is 16.7 Å². The monoisotopic (exact) mass is 408 g/mol. The summed E-state index contributed by atoms with van der Waals surface area (Å²) in [6.45, 7) is 0. The van der Waals surface area contributed by atoms with Crippen LogP contribution in [0.1, 0.15) is 36.4 Å². The molecule has 140 valence electrons. The fourth-order valence-corrected chi connectivity index (χ4v) is 3.91. The molecule has 0 fully saturated rings. The number of benzene rings is 2. The van der Waals surface area contributed by atoms with Crippen LogP contribution in [-0.2, 0) is 0 Å². The van der Waals surface area contributed by atoms with E-state index < -0.39 is 0 Å². The molecule has 6 heteroatoms. The maximum Gasteiger partial charge on any atom is 0.210 e. The Labute approximate surface area is 174 Å². The average molecular weight is 409 g/mol. The molecular formula is C22H18Cl2N4. The van der Waals surface area contributed by atoms with Crippen LogP contribution in [0.4, 0.5) is 0 Å². The number of hydrogen-bond acceptors (Lipinski definition) is 4. The van der Waals surface area contributed by atoms with Crippen LogP contribution < -0.4 is 10.6 Å². The molecule has 0 saturated heterocycles. The number of nitrogens with one attached hydrogen (secondary N) is 2. The molecule has 0 saturated carbocycles. The molecule has 0 aromatic heterocycles. The predicted octanol–water partition coefficient (Wildman–Crippen LogP) is 5.59. The molecule has 2 aromatic carbocycles. The maximum absolute atomic E-state index is 9.09. The van der Waals surface area contributed by atoms with E-state index >= 15 is 0 Å². The zero-order valence-electron chi connectivity index (χ0n) is 15.0. The Morgan fingerprint density at radius 3 is 2.39 bits per heavy atom. The second-order valence-corrected chi connectivity index (χ2v) is 7.64. The Balaban J connectivity index is 1.77. The molecular weight excluding hydrogens is 391 g/mol. The van der Waals surface area contributed by atoms with Crippen molar-refractivity contribution < 1.29 is 0 Å². The third-order valence-electron chi connectivity index (χ3n) is 4.94.